The lowest BCUT2D eigenvalue weighted by Crippen LogP contribution is -2.04. The minimum Gasteiger partial charge on any atom is -0.454 e. The van der Waals surface area contributed by atoms with Gasteiger partial charge in [-0.25, -0.2) is 8.42 Å². The van der Waals surface area contributed by atoms with Crippen LogP contribution in [0.4, 0.5) is 5.69 Å². The molecule has 0 aromatic heterocycles. The second kappa shape index (κ2) is 6.67. The molecular formula is C16H9ClN2O6S. The summed E-state index contributed by atoms with van der Waals surface area (Å²) in [4.78, 5) is 9.78. The van der Waals surface area contributed by atoms with E-state index in [1.54, 1.807) is 6.07 Å². The van der Waals surface area contributed by atoms with Gasteiger partial charge in [0, 0.05) is 5.02 Å². The summed E-state index contributed by atoms with van der Waals surface area (Å²) >= 11 is 5.74. The van der Waals surface area contributed by atoms with E-state index in [0.29, 0.717) is 5.02 Å². The molecule has 0 bridgehead atoms. The van der Waals surface area contributed by atoms with Gasteiger partial charge in [0.2, 0.25) is 16.6 Å². The first-order valence-corrected chi connectivity index (χ1v) is 8.89. The number of benzene rings is 2. The van der Waals surface area contributed by atoms with Gasteiger partial charge in [-0.3, -0.25) is 10.1 Å². The zero-order valence-electron chi connectivity index (χ0n) is 12.9. The van der Waals surface area contributed by atoms with Crippen molar-refractivity contribution in [2.24, 2.45) is 0 Å². The second-order valence-corrected chi connectivity index (χ2v) is 7.45. The fraction of sp³-hybridized carbons (Fsp3) is 0.0625. The lowest BCUT2D eigenvalue weighted by atomic mass is 10.1. The smallest absolute Gasteiger partial charge is 0.280 e. The Hall–Kier alpha value is -3.09. The number of rotatable bonds is 4. The van der Waals surface area contributed by atoms with E-state index in [-0.39, 0.29) is 28.8 Å². The minimum absolute atomic E-state index is 0.0895. The Morgan fingerprint density at radius 1 is 1.23 bits per heavy atom. The molecule has 0 atom stereocenters. The van der Waals surface area contributed by atoms with Gasteiger partial charge >= 0.3 is 0 Å². The van der Waals surface area contributed by atoms with Gasteiger partial charge in [0.25, 0.3) is 5.69 Å². The maximum absolute atomic E-state index is 12.6. The third-order valence-corrected chi connectivity index (χ3v) is 5.46. The summed E-state index contributed by atoms with van der Waals surface area (Å²) in [6, 6.07) is 9.19. The van der Waals surface area contributed by atoms with Crippen LogP contribution >= 0.6 is 11.6 Å². The van der Waals surface area contributed by atoms with E-state index in [4.69, 9.17) is 21.1 Å². The van der Waals surface area contributed by atoms with E-state index in [1.165, 1.54) is 30.3 Å². The van der Waals surface area contributed by atoms with Gasteiger partial charge < -0.3 is 9.47 Å². The molecule has 0 saturated heterocycles. The van der Waals surface area contributed by atoms with Gasteiger partial charge in [0.1, 0.15) is 11.0 Å². The van der Waals surface area contributed by atoms with Crippen LogP contribution in [-0.2, 0) is 9.84 Å². The van der Waals surface area contributed by atoms with E-state index in [0.717, 1.165) is 12.1 Å². The molecule has 0 fully saturated rings. The van der Waals surface area contributed by atoms with E-state index in [9.17, 15) is 23.8 Å². The number of nitro groups is 1. The van der Waals surface area contributed by atoms with Crippen LogP contribution in [0.15, 0.2) is 46.2 Å². The van der Waals surface area contributed by atoms with Crippen molar-refractivity contribution in [3.05, 3.63) is 62.0 Å². The molecule has 26 heavy (non-hydrogen) atoms. The third kappa shape index (κ3) is 3.20. The number of hydrogen-bond donors (Lipinski definition) is 0. The van der Waals surface area contributed by atoms with E-state index < -0.39 is 25.4 Å². The van der Waals surface area contributed by atoms with Crippen molar-refractivity contribution in [1.82, 2.24) is 0 Å². The van der Waals surface area contributed by atoms with Crippen LogP contribution in [0.25, 0.3) is 6.08 Å². The first-order valence-electron chi connectivity index (χ1n) is 7.03. The SMILES string of the molecule is N#C/C(=C\c1cc2c(cc1[N+](=O)[O-])OCO2)S(=O)(=O)c1ccc(Cl)cc1. The molecule has 1 heterocycles. The largest absolute Gasteiger partial charge is 0.454 e. The molecule has 0 unspecified atom stereocenters. The molecule has 0 amide bonds. The van der Waals surface area contributed by atoms with Crippen molar-refractivity contribution in [3.8, 4) is 17.6 Å². The summed E-state index contributed by atoms with van der Waals surface area (Å²) in [5.41, 5.74) is -0.498. The Balaban J connectivity index is 2.14. The Labute approximate surface area is 152 Å². The van der Waals surface area contributed by atoms with E-state index in [2.05, 4.69) is 0 Å². The molecule has 132 valence electrons. The highest BCUT2D eigenvalue weighted by atomic mass is 35.5. The molecule has 0 radical (unpaired) electrons. The standard InChI is InChI=1S/C16H9ClN2O6S/c17-11-1-3-12(4-2-11)26(22,23)13(8-18)5-10-6-15-16(25-9-24-15)7-14(10)19(20)21/h1-7H,9H2/b13-5+. The molecule has 3 rings (SSSR count). The number of ether oxygens (including phenoxy) is 2. The van der Waals surface area contributed by atoms with Gasteiger partial charge in [-0.1, -0.05) is 11.6 Å². The zero-order valence-corrected chi connectivity index (χ0v) is 14.5. The summed E-state index contributed by atoms with van der Waals surface area (Å²) in [6.07, 6.45) is 0.935. The number of fused-ring (bicyclic) bond motifs is 1. The molecule has 0 spiro atoms. The van der Waals surface area contributed by atoms with Gasteiger partial charge in [-0.2, -0.15) is 5.26 Å². The molecule has 0 aliphatic carbocycles. The first kappa shape index (κ1) is 17.7. The van der Waals surface area contributed by atoms with E-state index in [1.807, 2.05) is 0 Å². The quantitative estimate of drug-likeness (QED) is 0.444. The number of allylic oxidation sites excluding steroid dienone is 1. The predicted octanol–water partition coefficient (Wildman–Crippen LogP) is 3.32. The highest BCUT2D eigenvalue weighted by Crippen LogP contribution is 2.39. The van der Waals surface area contributed by atoms with Crippen molar-refractivity contribution < 1.29 is 22.8 Å². The van der Waals surface area contributed by atoms with Crippen LogP contribution in [0.2, 0.25) is 5.02 Å². The van der Waals surface area contributed by atoms with Crippen LogP contribution in [-0.4, -0.2) is 20.1 Å². The predicted molar refractivity (Wildman–Crippen MR) is 91.4 cm³/mol. The number of hydrogen-bond acceptors (Lipinski definition) is 7. The second-order valence-electron chi connectivity index (χ2n) is 5.10. The Morgan fingerprint density at radius 3 is 2.42 bits per heavy atom. The van der Waals surface area contributed by atoms with Crippen molar-refractivity contribution >= 4 is 33.2 Å². The molecular weight excluding hydrogens is 384 g/mol. The summed E-state index contributed by atoms with van der Waals surface area (Å²) in [6.45, 7) is -0.103. The van der Waals surface area contributed by atoms with Crippen LogP contribution < -0.4 is 9.47 Å². The third-order valence-electron chi connectivity index (χ3n) is 3.53. The molecule has 0 saturated carbocycles. The Morgan fingerprint density at radius 2 is 1.85 bits per heavy atom. The number of nitrogens with zero attached hydrogens (tertiary/aromatic N) is 2. The molecule has 10 heteroatoms. The molecule has 2 aromatic rings. The molecule has 1 aliphatic heterocycles. The molecule has 8 nitrogen and oxygen atoms in total. The zero-order chi connectivity index (χ0) is 18.9. The maximum Gasteiger partial charge on any atom is 0.280 e. The summed E-state index contributed by atoms with van der Waals surface area (Å²) in [5.74, 6) is 0.399. The van der Waals surface area contributed by atoms with Gasteiger partial charge in [-0.15, -0.1) is 0 Å². The van der Waals surface area contributed by atoms with Crippen LogP contribution in [0, 0.1) is 21.4 Å². The summed E-state index contributed by atoms with van der Waals surface area (Å²) < 4.78 is 35.5. The number of nitro benzene ring substituents is 1. The Bertz CT molecular complexity index is 1070. The maximum atomic E-state index is 12.6. The van der Waals surface area contributed by atoms with Crippen LogP contribution in [0.1, 0.15) is 5.56 Å². The number of sulfone groups is 1. The lowest BCUT2D eigenvalue weighted by molar-refractivity contribution is -0.385. The highest BCUT2D eigenvalue weighted by molar-refractivity contribution is 7.95. The van der Waals surface area contributed by atoms with E-state index >= 15 is 0 Å². The van der Waals surface area contributed by atoms with Crippen LogP contribution in [0.3, 0.4) is 0 Å². The summed E-state index contributed by atoms with van der Waals surface area (Å²) in [5, 5.41) is 20.9. The summed E-state index contributed by atoms with van der Waals surface area (Å²) in [7, 11) is -4.18. The van der Waals surface area contributed by atoms with Gasteiger partial charge in [0.15, 0.2) is 11.5 Å². The van der Waals surface area contributed by atoms with Crippen molar-refractivity contribution in [3.63, 3.8) is 0 Å². The molecule has 0 N–H and O–H groups in total. The number of nitriles is 1. The Kier molecular flexibility index (Phi) is 4.54. The fourth-order valence-corrected chi connectivity index (χ4v) is 3.55. The van der Waals surface area contributed by atoms with Gasteiger partial charge in [0.05, 0.1) is 21.4 Å². The minimum atomic E-state index is -4.18. The average molecular weight is 393 g/mol. The highest BCUT2D eigenvalue weighted by Gasteiger charge is 2.26. The fourth-order valence-electron chi connectivity index (χ4n) is 2.27. The first-order chi connectivity index (χ1) is 12.3. The monoisotopic (exact) mass is 392 g/mol. The molecule has 2 aromatic carbocycles. The normalized spacial score (nSPS) is 13.3. The lowest BCUT2D eigenvalue weighted by Gasteiger charge is -2.05. The van der Waals surface area contributed by atoms with Crippen molar-refractivity contribution in [2.75, 3.05) is 6.79 Å². The topological polar surface area (TPSA) is 120 Å². The average Bonchev–Trinajstić information content (AvgIpc) is 3.06. The molecule has 1 aliphatic rings. The van der Waals surface area contributed by atoms with Crippen molar-refractivity contribution in [2.45, 2.75) is 4.90 Å². The van der Waals surface area contributed by atoms with Gasteiger partial charge in [-0.05, 0) is 36.4 Å². The van der Waals surface area contributed by atoms with Crippen molar-refractivity contribution in [1.29, 1.82) is 5.26 Å². The number of halogens is 1. The van der Waals surface area contributed by atoms with Crippen LogP contribution in [0.5, 0.6) is 11.5 Å².